The van der Waals surface area contributed by atoms with Gasteiger partial charge in [0.2, 0.25) is 5.91 Å². The molecule has 1 aliphatic rings. The fourth-order valence-corrected chi connectivity index (χ4v) is 3.01. The third-order valence-electron chi connectivity index (χ3n) is 5.10. The van der Waals surface area contributed by atoms with Gasteiger partial charge in [-0.2, -0.15) is 0 Å². The number of hydrogen-bond acceptors (Lipinski definition) is 3. The summed E-state index contributed by atoms with van der Waals surface area (Å²) in [5.41, 5.74) is 1.89. The number of benzene rings is 1. The van der Waals surface area contributed by atoms with Crippen LogP contribution in [0, 0.1) is 5.82 Å². The summed E-state index contributed by atoms with van der Waals surface area (Å²) in [6, 6.07) is 6.11. The van der Waals surface area contributed by atoms with Crippen LogP contribution in [0.5, 0.6) is 0 Å². The van der Waals surface area contributed by atoms with Gasteiger partial charge < -0.3 is 10.1 Å². The molecule has 0 heterocycles. The molecular formula is C24H28FNO3. The predicted molar refractivity (Wildman–Crippen MR) is 113 cm³/mol. The molecule has 0 unspecified atom stereocenters. The highest BCUT2D eigenvalue weighted by molar-refractivity contribution is 6.20. The van der Waals surface area contributed by atoms with Gasteiger partial charge >= 0.3 is 0 Å². The number of rotatable bonds is 8. The standard InChI is InChI=1S/C24H28FNO3/c1-6-18(13-15(2)24(28)26-21-11-8-12-21)23(27)22(17(4)29-5)16(3)19-9-7-10-20(25)14-19/h6-7,9-10,13-14,21H,3,8,11-12H2,1-2,4-5H3,(H,26,28)/b15-13+,18-6+,22-17+. The molecule has 0 atom stereocenters. The highest BCUT2D eigenvalue weighted by atomic mass is 19.1. The van der Waals surface area contributed by atoms with Gasteiger partial charge in [0, 0.05) is 17.2 Å². The minimum Gasteiger partial charge on any atom is -0.501 e. The average molecular weight is 397 g/mol. The van der Waals surface area contributed by atoms with Crippen molar-refractivity contribution in [3.8, 4) is 0 Å². The number of amides is 1. The van der Waals surface area contributed by atoms with Gasteiger partial charge in [-0.3, -0.25) is 9.59 Å². The lowest BCUT2D eigenvalue weighted by Crippen LogP contribution is -2.39. The van der Waals surface area contributed by atoms with E-state index in [1.807, 2.05) is 0 Å². The van der Waals surface area contributed by atoms with Gasteiger partial charge in [-0.05, 0) is 69.4 Å². The molecule has 0 aliphatic heterocycles. The fourth-order valence-electron chi connectivity index (χ4n) is 3.01. The lowest BCUT2D eigenvalue weighted by molar-refractivity contribution is -0.118. The molecule has 4 nitrogen and oxygen atoms in total. The summed E-state index contributed by atoms with van der Waals surface area (Å²) in [7, 11) is 1.46. The second kappa shape index (κ2) is 10.0. The van der Waals surface area contributed by atoms with Crippen molar-refractivity contribution in [2.24, 2.45) is 0 Å². The Labute approximate surface area is 171 Å². The number of methoxy groups -OCH3 is 1. The minimum absolute atomic E-state index is 0.181. The third kappa shape index (κ3) is 5.53. The van der Waals surface area contributed by atoms with Gasteiger partial charge in [-0.1, -0.05) is 24.8 Å². The first kappa shape index (κ1) is 22.3. The summed E-state index contributed by atoms with van der Waals surface area (Å²) in [5.74, 6) is -0.564. The number of ketones is 1. The molecule has 1 fully saturated rings. The molecule has 29 heavy (non-hydrogen) atoms. The zero-order valence-corrected chi connectivity index (χ0v) is 17.5. The average Bonchev–Trinajstić information content (AvgIpc) is 2.68. The number of ether oxygens (including phenoxy) is 1. The molecule has 2 rings (SSSR count). The summed E-state index contributed by atoms with van der Waals surface area (Å²) in [4.78, 5) is 25.6. The molecule has 1 aromatic carbocycles. The van der Waals surface area contributed by atoms with Crippen LogP contribution in [0.1, 0.15) is 45.6 Å². The van der Waals surface area contributed by atoms with Gasteiger partial charge in [0.25, 0.3) is 0 Å². The smallest absolute Gasteiger partial charge is 0.247 e. The first-order valence-corrected chi connectivity index (χ1v) is 9.68. The zero-order chi connectivity index (χ0) is 21.6. The van der Waals surface area contributed by atoms with E-state index >= 15 is 0 Å². The van der Waals surface area contributed by atoms with Crippen molar-refractivity contribution in [3.63, 3.8) is 0 Å². The van der Waals surface area contributed by atoms with Gasteiger partial charge in [0.1, 0.15) is 11.6 Å². The summed E-state index contributed by atoms with van der Waals surface area (Å²) in [5, 5.41) is 2.96. The topological polar surface area (TPSA) is 55.4 Å². The predicted octanol–water partition coefficient (Wildman–Crippen LogP) is 4.89. The van der Waals surface area contributed by atoms with E-state index in [-0.39, 0.29) is 23.3 Å². The maximum absolute atomic E-state index is 13.7. The Kier molecular flexibility index (Phi) is 7.71. The number of nitrogens with one attached hydrogen (secondary N) is 1. The van der Waals surface area contributed by atoms with Crippen LogP contribution in [0.2, 0.25) is 0 Å². The molecule has 0 bridgehead atoms. The summed E-state index contributed by atoms with van der Waals surface area (Å²) < 4.78 is 19.0. The first-order valence-electron chi connectivity index (χ1n) is 9.68. The molecule has 1 aliphatic carbocycles. The van der Waals surface area contributed by atoms with Crippen LogP contribution in [0.25, 0.3) is 5.57 Å². The molecule has 1 aromatic rings. The molecule has 0 aromatic heterocycles. The Morgan fingerprint density at radius 3 is 2.48 bits per heavy atom. The molecule has 1 N–H and O–H groups in total. The van der Waals surface area contributed by atoms with Gasteiger partial charge in [-0.15, -0.1) is 0 Å². The van der Waals surface area contributed by atoms with Crippen molar-refractivity contribution in [2.45, 2.75) is 46.1 Å². The molecule has 0 saturated heterocycles. The second-order valence-corrected chi connectivity index (χ2v) is 7.13. The number of halogens is 1. The molecular weight excluding hydrogens is 369 g/mol. The Morgan fingerprint density at radius 2 is 1.97 bits per heavy atom. The van der Waals surface area contributed by atoms with E-state index in [0.717, 1.165) is 19.3 Å². The number of allylic oxidation sites excluding steroid dienone is 6. The largest absolute Gasteiger partial charge is 0.501 e. The number of carbonyl (C=O) groups excluding carboxylic acids is 2. The van der Waals surface area contributed by atoms with Gasteiger partial charge in [0.15, 0.2) is 5.78 Å². The number of carbonyl (C=O) groups is 2. The zero-order valence-electron chi connectivity index (χ0n) is 17.5. The van der Waals surface area contributed by atoms with E-state index in [0.29, 0.717) is 28.0 Å². The molecule has 1 saturated carbocycles. The van der Waals surface area contributed by atoms with Crippen LogP contribution >= 0.6 is 0 Å². The molecule has 0 spiro atoms. The van der Waals surface area contributed by atoms with Crippen molar-refractivity contribution in [3.05, 3.63) is 76.9 Å². The van der Waals surface area contributed by atoms with Crippen molar-refractivity contribution < 1.29 is 18.7 Å². The van der Waals surface area contributed by atoms with Crippen LogP contribution < -0.4 is 5.32 Å². The maximum atomic E-state index is 13.7. The summed E-state index contributed by atoms with van der Waals surface area (Å²) >= 11 is 0. The minimum atomic E-state index is -0.416. The van der Waals surface area contributed by atoms with Crippen LogP contribution in [-0.4, -0.2) is 24.8 Å². The van der Waals surface area contributed by atoms with Crippen LogP contribution in [0.4, 0.5) is 4.39 Å². The highest BCUT2D eigenvalue weighted by Crippen LogP contribution is 2.28. The summed E-state index contributed by atoms with van der Waals surface area (Å²) in [6.07, 6.45) is 6.31. The molecule has 1 amide bonds. The number of hydrogen-bond donors (Lipinski definition) is 1. The Hall–Kier alpha value is -2.95. The summed E-state index contributed by atoms with van der Waals surface area (Å²) in [6.45, 7) is 9.06. The lowest BCUT2D eigenvalue weighted by Gasteiger charge is -2.26. The van der Waals surface area contributed by atoms with E-state index in [4.69, 9.17) is 4.74 Å². The monoisotopic (exact) mass is 397 g/mol. The van der Waals surface area contributed by atoms with E-state index in [1.54, 1.807) is 45.1 Å². The Morgan fingerprint density at radius 1 is 1.28 bits per heavy atom. The Balaban J connectivity index is 2.32. The highest BCUT2D eigenvalue weighted by Gasteiger charge is 2.23. The molecule has 5 heteroatoms. The van der Waals surface area contributed by atoms with Crippen LogP contribution in [-0.2, 0) is 14.3 Å². The quantitative estimate of drug-likeness (QED) is 0.386. The normalized spacial score (nSPS) is 15.9. The molecule has 0 radical (unpaired) electrons. The maximum Gasteiger partial charge on any atom is 0.247 e. The van der Waals surface area contributed by atoms with E-state index in [1.165, 1.54) is 19.2 Å². The SMILES string of the molecule is C=C(/C(C(=O)C(/C=C(\C)C(=O)NC1CCC1)=C/C)=C(/C)OC)c1cccc(F)c1. The lowest BCUT2D eigenvalue weighted by atomic mass is 9.90. The van der Waals surface area contributed by atoms with Crippen LogP contribution in [0.3, 0.4) is 0 Å². The van der Waals surface area contributed by atoms with E-state index < -0.39 is 5.82 Å². The fraction of sp³-hybridized carbons (Fsp3) is 0.333. The van der Waals surface area contributed by atoms with Gasteiger partial charge in [-0.25, -0.2) is 4.39 Å². The molecule has 154 valence electrons. The number of Topliss-reactive ketones (excluding diaryl/α,β-unsaturated/α-hetero) is 1. The van der Waals surface area contributed by atoms with Crippen molar-refractivity contribution in [1.82, 2.24) is 5.32 Å². The van der Waals surface area contributed by atoms with Gasteiger partial charge in [0.05, 0.1) is 12.7 Å². The van der Waals surface area contributed by atoms with Crippen molar-refractivity contribution in [1.29, 1.82) is 0 Å². The van der Waals surface area contributed by atoms with E-state index in [9.17, 15) is 14.0 Å². The Bertz CT molecular complexity index is 904. The van der Waals surface area contributed by atoms with Crippen molar-refractivity contribution >= 4 is 17.3 Å². The van der Waals surface area contributed by atoms with Crippen LogP contribution in [0.15, 0.2) is 65.5 Å². The second-order valence-electron chi connectivity index (χ2n) is 7.13. The van der Waals surface area contributed by atoms with E-state index in [2.05, 4.69) is 11.9 Å². The third-order valence-corrected chi connectivity index (χ3v) is 5.10. The van der Waals surface area contributed by atoms with Crippen molar-refractivity contribution in [2.75, 3.05) is 7.11 Å². The first-order chi connectivity index (χ1) is 13.8.